The molecule has 2 rings (SSSR count). The van der Waals surface area contributed by atoms with E-state index in [0.29, 0.717) is 5.69 Å². The highest BCUT2D eigenvalue weighted by atomic mass is 15.3. The van der Waals surface area contributed by atoms with Crippen LogP contribution >= 0.6 is 0 Å². The number of hydrogen-bond donors (Lipinski definition) is 1. The average Bonchev–Trinajstić information content (AvgIpc) is 2.81. The molecular formula is C11H8N6. The molecule has 0 atom stereocenters. The monoisotopic (exact) mass is 224 g/mol. The van der Waals surface area contributed by atoms with Crippen LogP contribution in [-0.2, 0) is 6.42 Å². The van der Waals surface area contributed by atoms with Crippen LogP contribution in [0.15, 0.2) is 24.5 Å². The van der Waals surface area contributed by atoms with Gasteiger partial charge < -0.3 is 5.73 Å². The van der Waals surface area contributed by atoms with E-state index in [4.69, 9.17) is 16.3 Å². The van der Waals surface area contributed by atoms with E-state index in [0.717, 1.165) is 11.3 Å². The first-order valence-corrected chi connectivity index (χ1v) is 4.82. The zero-order chi connectivity index (χ0) is 12.3. The van der Waals surface area contributed by atoms with Crippen molar-refractivity contribution >= 4 is 5.69 Å². The normalized spacial score (nSPS) is 9.53. The number of rotatable bonds is 2. The van der Waals surface area contributed by atoms with Crippen LogP contribution in [0, 0.1) is 22.7 Å². The smallest absolute Gasteiger partial charge is 0.252 e. The number of anilines is 1. The van der Waals surface area contributed by atoms with Gasteiger partial charge in [0.15, 0.2) is 0 Å². The standard InChI is InChI=1S/C11H8N6/c12-4-3-8-5-9(1-2-10(8)14)17-7-15-11(6-13)16-17/h1-2,5,7H,3,14H2. The molecule has 6 nitrogen and oxygen atoms in total. The Hall–Kier alpha value is -2.86. The van der Waals surface area contributed by atoms with Gasteiger partial charge in [0.05, 0.1) is 18.2 Å². The average molecular weight is 224 g/mol. The highest BCUT2D eigenvalue weighted by Gasteiger charge is 2.05. The molecule has 1 aromatic carbocycles. The van der Waals surface area contributed by atoms with Crippen LogP contribution in [0.4, 0.5) is 5.69 Å². The maximum absolute atomic E-state index is 8.66. The summed E-state index contributed by atoms with van der Waals surface area (Å²) in [4.78, 5) is 3.80. The predicted octanol–water partition coefficient (Wildman–Crippen LogP) is 0.787. The molecule has 1 aromatic heterocycles. The van der Waals surface area contributed by atoms with Crippen LogP contribution < -0.4 is 5.73 Å². The molecule has 2 aromatic rings. The van der Waals surface area contributed by atoms with Gasteiger partial charge in [-0.3, -0.25) is 0 Å². The molecule has 0 bridgehead atoms. The first-order chi connectivity index (χ1) is 8.24. The van der Waals surface area contributed by atoms with Crippen molar-refractivity contribution in [3.8, 4) is 17.8 Å². The van der Waals surface area contributed by atoms with E-state index in [1.54, 1.807) is 18.2 Å². The second kappa shape index (κ2) is 4.33. The van der Waals surface area contributed by atoms with Gasteiger partial charge >= 0.3 is 0 Å². The molecule has 0 radical (unpaired) electrons. The minimum Gasteiger partial charge on any atom is -0.398 e. The van der Waals surface area contributed by atoms with Crippen molar-refractivity contribution in [3.05, 3.63) is 35.9 Å². The van der Waals surface area contributed by atoms with E-state index in [1.165, 1.54) is 11.0 Å². The van der Waals surface area contributed by atoms with Gasteiger partial charge in [-0.25, -0.2) is 9.67 Å². The van der Waals surface area contributed by atoms with E-state index < -0.39 is 0 Å². The first-order valence-electron chi connectivity index (χ1n) is 4.82. The topological polar surface area (TPSA) is 104 Å². The zero-order valence-electron chi connectivity index (χ0n) is 8.83. The molecular weight excluding hydrogens is 216 g/mol. The molecule has 0 saturated carbocycles. The maximum Gasteiger partial charge on any atom is 0.252 e. The van der Waals surface area contributed by atoms with Crippen molar-refractivity contribution < 1.29 is 0 Å². The number of aromatic nitrogens is 3. The molecule has 6 heteroatoms. The number of nitriles is 2. The number of benzene rings is 1. The first kappa shape index (κ1) is 10.7. The lowest BCUT2D eigenvalue weighted by Gasteiger charge is -2.05. The van der Waals surface area contributed by atoms with E-state index in [1.807, 2.05) is 12.1 Å². The fourth-order valence-electron chi connectivity index (χ4n) is 1.41. The quantitative estimate of drug-likeness (QED) is 0.759. The third kappa shape index (κ3) is 2.06. The van der Waals surface area contributed by atoms with Gasteiger partial charge in [-0.15, -0.1) is 5.10 Å². The molecule has 1 heterocycles. The van der Waals surface area contributed by atoms with Gasteiger partial charge in [-0.05, 0) is 23.8 Å². The Morgan fingerprint density at radius 3 is 2.82 bits per heavy atom. The lowest BCUT2D eigenvalue weighted by atomic mass is 10.1. The maximum atomic E-state index is 8.66. The lowest BCUT2D eigenvalue weighted by molar-refractivity contribution is 0.871. The molecule has 0 saturated heterocycles. The summed E-state index contributed by atoms with van der Waals surface area (Å²) in [5.74, 6) is 0.101. The third-order valence-electron chi connectivity index (χ3n) is 2.25. The van der Waals surface area contributed by atoms with E-state index in [9.17, 15) is 0 Å². The fraction of sp³-hybridized carbons (Fsp3) is 0.0909. The Morgan fingerprint density at radius 1 is 1.35 bits per heavy atom. The Morgan fingerprint density at radius 2 is 2.18 bits per heavy atom. The summed E-state index contributed by atoms with van der Waals surface area (Å²) in [5.41, 5.74) is 7.76. The zero-order valence-corrected chi connectivity index (χ0v) is 8.83. The number of nitrogen functional groups attached to an aromatic ring is 1. The highest BCUT2D eigenvalue weighted by Crippen LogP contribution is 2.17. The second-order valence-corrected chi connectivity index (χ2v) is 3.34. The molecule has 0 amide bonds. The van der Waals surface area contributed by atoms with Crippen LogP contribution in [0.3, 0.4) is 0 Å². The van der Waals surface area contributed by atoms with Crippen LogP contribution in [0.5, 0.6) is 0 Å². The predicted molar refractivity (Wildman–Crippen MR) is 59.8 cm³/mol. The summed E-state index contributed by atoms with van der Waals surface area (Å²) < 4.78 is 1.47. The van der Waals surface area contributed by atoms with Crippen LogP contribution in [-0.4, -0.2) is 14.8 Å². The summed E-state index contributed by atoms with van der Waals surface area (Å²) in [7, 11) is 0. The van der Waals surface area contributed by atoms with Gasteiger partial charge in [0.25, 0.3) is 5.82 Å². The molecule has 0 unspecified atom stereocenters. The molecule has 0 aliphatic rings. The van der Waals surface area contributed by atoms with Crippen molar-refractivity contribution in [2.75, 3.05) is 5.73 Å². The van der Waals surface area contributed by atoms with Gasteiger partial charge in [-0.1, -0.05) is 0 Å². The minimum atomic E-state index is 0.101. The van der Waals surface area contributed by atoms with Crippen molar-refractivity contribution in [3.63, 3.8) is 0 Å². The van der Waals surface area contributed by atoms with Gasteiger partial charge in [-0.2, -0.15) is 10.5 Å². The molecule has 0 aliphatic carbocycles. The summed E-state index contributed by atoms with van der Waals surface area (Å²) in [6, 6.07) is 9.11. The molecule has 2 N–H and O–H groups in total. The SMILES string of the molecule is N#CCc1cc(-n2cnc(C#N)n2)ccc1N. The van der Waals surface area contributed by atoms with Crippen LogP contribution in [0.1, 0.15) is 11.4 Å². The fourth-order valence-corrected chi connectivity index (χ4v) is 1.41. The van der Waals surface area contributed by atoms with Gasteiger partial charge in [0, 0.05) is 5.69 Å². The second-order valence-electron chi connectivity index (χ2n) is 3.34. The van der Waals surface area contributed by atoms with E-state index in [-0.39, 0.29) is 12.2 Å². The Kier molecular flexibility index (Phi) is 2.71. The van der Waals surface area contributed by atoms with Crippen molar-refractivity contribution in [2.45, 2.75) is 6.42 Å². The number of nitrogens with zero attached hydrogens (tertiary/aromatic N) is 5. The van der Waals surface area contributed by atoms with E-state index in [2.05, 4.69) is 10.1 Å². The molecule has 82 valence electrons. The Bertz CT molecular complexity index is 628. The number of nitrogens with two attached hydrogens (primary N) is 1. The molecule has 0 aliphatic heterocycles. The third-order valence-corrected chi connectivity index (χ3v) is 2.25. The van der Waals surface area contributed by atoms with E-state index >= 15 is 0 Å². The molecule has 0 spiro atoms. The van der Waals surface area contributed by atoms with Crippen LogP contribution in [0.2, 0.25) is 0 Å². The summed E-state index contributed by atoms with van der Waals surface area (Å²) in [6.45, 7) is 0. The van der Waals surface area contributed by atoms with Crippen molar-refractivity contribution in [2.24, 2.45) is 0 Å². The van der Waals surface area contributed by atoms with Gasteiger partial charge in [0.2, 0.25) is 0 Å². The van der Waals surface area contributed by atoms with Crippen LogP contribution in [0.25, 0.3) is 5.69 Å². The van der Waals surface area contributed by atoms with Gasteiger partial charge in [0.1, 0.15) is 12.4 Å². The Labute approximate surface area is 97.5 Å². The highest BCUT2D eigenvalue weighted by molar-refractivity contribution is 5.53. The lowest BCUT2D eigenvalue weighted by Crippen LogP contribution is -1.99. The summed E-state index contributed by atoms with van der Waals surface area (Å²) in [5, 5.41) is 21.2. The largest absolute Gasteiger partial charge is 0.398 e. The molecule has 17 heavy (non-hydrogen) atoms. The Balaban J connectivity index is 2.43. The van der Waals surface area contributed by atoms with Crippen molar-refractivity contribution in [1.82, 2.24) is 14.8 Å². The number of hydrogen-bond acceptors (Lipinski definition) is 5. The summed E-state index contributed by atoms with van der Waals surface area (Å²) in [6.07, 6.45) is 1.68. The van der Waals surface area contributed by atoms with Crippen molar-refractivity contribution in [1.29, 1.82) is 10.5 Å². The summed E-state index contributed by atoms with van der Waals surface area (Å²) >= 11 is 0. The minimum absolute atomic E-state index is 0.101. The molecule has 0 fully saturated rings.